The minimum atomic E-state index is -0.754. The zero-order valence-electron chi connectivity index (χ0n) is 8.89. The highest BCUT2D eigenvalue weighted by Crippen LogP contribution is 2.48. The van der Waals surface area contributed by atoms with Crippen molar-refractivity contribution in [3.8, 4) is 11.8 Å². The number of hydrogen-bond acceptors (Lipinski definition) is 2. The number of methoxy groups -OCH3 is 1. The van der Waals surface area contributed by atoms with Gasteiger partial charge in [-0.1, -0.05) is 11.6 Å². The lowest BCUT2D eigenvalue weighted by Crippen LogP contribution is -2.33. The maximum Gasteiger partial charge on any atom is 0.138 e. The molecular weight excluding hydrogens is 229 g/mol. The third-order valence-electron chi connectivity index (χ3n) is 3.18. The lowest BCUT2D eigenvalue weighted by molar-refractivity contribution is 0.311. The van der Waals surface area contributed by atoms with E-state index in [1.54, 1.807) is 0 Å². The van der Waals surface area contributed by atoms with Crippen molar-refractivity contribution in [3.63, 3.8) is 0 Å². The first-order valence-electron chi connectivity index (χ1n) is 5.08. The summed E-state index contributed by atoms with van der Waals surface area (Å²) in [4.78, 5) is 0. The van der Waals surface area contributed by atoms with Crippen LogP contribution >= 0.6 is 11.6 Å². The Morgan fingerprint density at radius 2 is 2.19 bits per heavy atom. The first kappa shape index (κ1) is 11.2. The predicted molar refractivity (Wildman–Crippen MR) is 59.1 cm³/mol. The minimum Gasteiger partial charge on any atom is -0.495 e. The van der Waals surface area contributed by atoms with E-state index in [9.17, 15) is 9.65 Å². The Morgan fingerprint density at radius 3 is 2.62 bits per heavy atom. The molecule has 0 aromatic heterocycles. The molecular formula is C12H11ClFNO. The highest BCUT2D eigenvalue weighted by molar-refractivity contribution is 6.33. The monoisotopic (exact) mass is 239 g/mol. The van der Waals surface area contributed by atoms with Crippen molar-refractivity contribution >= 4 is 11.6 Å². The highest BCUT2D eigenvalue weighted by Gasteiger charge is 2.43. The molecule has 1 fully saturated rings. The molecule has 0 aliphatic heterocycles. The van der Waals surface area contributed by atoms with E-state index in [1.165, 1.54) is 19.2 Å². The standard InChI is InChI=1S/C12H11ClFNO/c1-16-9-4-3-8(14)10(11(9)13)12(7-15)5-2-6-12/h3-4H,2,5-6H2,1H3. The number of ether oxygens (including phenoxy) is 1. The van der Waals surface area contributed by atoms with Crippen molar-refractivity contribution in [1.29, 1.82) is 5.26 Å². The molecule has 4 heteroatoms. The fourth-order valence-electron chi connectivity index (χ4n) is 2.08. The number of nitrogens with zero attached hydrogens (tertiary/aromatic N) is 1. The second kappa shape index (κ2) is 3.95. The van der Waals surface area contributed by atoms with E-state index in [1.807, 2.05) is 0 Å². The number of hydrogen-bond donors (Lipinski definition) is 0. The Morgan fingerprint density at radius 1 is 1.50 bits per heavy atom. The molecule has 2 rings (SSSR count). The van der Waals surface area contributed by atoms with Gasteiger partial charge >= 0.3 is 0 Å². The maximum atomic E-state index is 13.8. The van der Waals surface area contributed by atoms with Crippen LogP contribution in [0.15, 0.2) is 12.1 Å². The summed E-state index contributed by atoms with van der Waals surface area (Å²) in [6.45, 7) is 0. The Balaban J connectivity index is 2.60. The molecule has 0 spiro atoms. The number of rotatable bonds is 2. The summed E-state index contributed by atoms with van der Waals surface area (Å²) < 4.78 is 18.8. The Hall–Kier alpha value is -1.27. The Kier molecular flexibility index (Phi) is 2.77. The predicted octanol–water partition coefficient (Wildman–Crippen LogP) is 3.43. The summed E-state index contributed by atoms with van der Waals surface area (Å²) in [5.41, 5.74) is -0.460. The van der Waals surface area contributed by atoms with Crippen molar-refractivity contribution in [2.75, 3.05) is 7.11 Å². The van der Waals surface area contributed by atoms with E-state index >= 15 is 0 Å². The van der Waals surface area contributed by atoms with Gasteiger partial charge in [-0.25, -0.2) is 4.39 Å². The average molecular weight is 240 g/mol. The molecule has 1 saturated carbocycles. The van der Waals surface area contributed by atoms with Gasteiger partial charge in [0.2, 0.25) is 0 Å². The molecule has 0 radical (unpaired) electrons. The number of benzene rings is 1. The lowest BCUT2D eigenvalue weighted by atomic mass is 9.65. The van der Waals surface area contributed by atoms with Crippen LogP contribution in [0.1, 0.15) is 24.8 Å². The summed E-state index contributed by atoms with van der Waals surface area (Å²) in [5.74, 6) is -0.00774. The number of nitriles is 1. The van der Waals surface area contributed by atoms with Crippen LogP contribution < -0.4 is 4.74 Å². The summed E-state index contributed by atoms with van der Waals surface area (Å²) >= 11 is 6.07. The van der Waals surface area contributed by atoms with E-state index in [2.05, 4.69) is 6.07 Å². The van der Waals surface area contributed by atoms with Crippen molar-refractivity contribution in [1.82, 2.24) is 0 Å². The van der Waals surface area contributed by atoms with Gasteiger partial charge in [0.15, 0.2) is 0 Å². The molecule has 0 atom stereocenters. The quantitative estimate of drug-likeness (QED) is 0.792. The zero-order chi connectivity index (χ0) is 11.8. The third-order valence-corrected chi connectivity index (χ3v) is 3.55. The van der Waals surface area contributed by atoms with Gasteiger partial charge in [0.25, 0.3) is 0 Å². The van der Waals surface area contributed by atoms with E-state index < -0.39 is 11.2 Å². The molecule has 16 heavy (non-hydrogen) atoms. The topological polar surface area (TPSA) is 33.0 Å². The molecule has 0 heterocycles. The molecule has 2 nitrogen and oxygen atoms in total. The second-order valence-electron chi connectivity index (χ2n) is 3.99. The molecule has 0 bridgehead atoms. The fourth-order valence-corrected chi connectivity index (χ4v) is 2.49. The minimum absolute atomic E-state index is 0.226. The van der Waals surface area contributed by atoms with Crippen LogP contribution in [0.2, 0.25) is 5.02 Å². The van der Waals surface area contributed by atoms with Crippen molar-refractivity contribution in [2.45, 2.75) is 24.7 Å². The van der Waals surface area contributed by atoms with E-state index in [0.29, 0.717) is 24.2 Å². The van der Waals surface area contributed by atoms with Gasteiger partial charge in [-0.05, 0) is 31.4 Å². The van der Waals surface area contributed by atoms with Crippen molar-refractivity contribution in [2.24, 2.45) is 0 Å². The first-order chi connectivity index (χ1) is 7.64. The van der Waals surface area contributed by atoms with Crippen LogP contribution in [0.3, 0.4) is 0 Å². The van der Waals surface area contributed by atoms with Crippen molar-refractivity contribution in [3.05, 3.63) is 28.5 Å². The molecule has 0 saturated heterocycles. The van der Waals surface area contributed by atoms with E-state index in [4.69, 9.17) is 16.3 Å². The molecule has 84 valence electrons. The van der Waals surface area contributed by atoms with Gasteiger partial charge in [0, 0.05) is 5.56 Å². The van der Waals surface area contributed by atoms with Gasteiger partial charge < -0.3 is 4.74 Å². The smallest absolute Gasteiger partial charge is 0.138 e. The molecule has 1 aromatic rings. The average Bonchev–Trinajstić information content (AvgIpc) is 2.22. The van der Waals surface area contributed by atoms with E-state index in [0.717, 1.165) is 6.42 Å². The molecule has 0 unspecified atom stereocenters. The Labute approximate surface area is 98.6 Å². The van der Waals surface area contributed by atoms with Crippen LogP contribution in [0, 0.1) is 17.1 Å². The normalized spacial score (nSPS) is 17.4. The van der Waals surface area contributed by atoms with Crippen LogP contribution in [-0.4, -0.2) is 7.11 Å². The van der Waals surface area contributed by atoms with Crippen LogP contribution in [-0.2, 0) is 5.41 Å². The zero-order valence-corrected chi connectivity index (χ0v) is 9.64. The summed E-state index contributed by atoms with van der Waals surface area (Å²) in [6.07, 6.45) is 2.25. The summed E-state index contributed by atoms with van der Waals surface area (Å²) in [6, 6.07) is 4.96. The van der Waals surface area contributed by atoms with Crippen LogP contribution in [0.25, 0.3) is 0 Å². The number of halogens is 2. The summed E-state index contributed by atoms with van der Waals surface area (Å²) in [7, 11) is 1.47. The highest BCUT2D eigenvalue weighted by atomic mass is 35.5. The van der Waals surface area contributed by atoms with Gasteiger partial charge in [0.05, 0.1) is 23.6 Å². The molecule has 1 aliphatic carbocycles. The van der Waals surface area contributed by atoms with Gasteiger partial charge in [-0.15, -0.1) is 0 Å². The fraction of sp³-hybridized carbons (Fsp3) is 0.417. The van der Waals surface area contributed by atoms with Crippen LogP contribution in [0.5, 0.6) is 5.75 Å². The molecule has 0 N–H and O–H groups in total. The molecule has 1 aliphatic rings. The Bertz CT molecular complexity index is 463. The largest absolute Gasteiger partial charge is 0.495 e. The lowest BCUT2D eigenvalue weighted by Gasteiger charge is -2.36. The van der Waals surface area contributed by atoms with Gasteiger partial charge in [-0.3, -0.25) is 0 Å². The van der Waals surface area contributed by atoms with Crippen LogP contribution in [0.4, 0.5) is 4.39 Å². The SMILES string of the molecule is COc1ccc(F)c(C2(C#N)CCC2)c1Cl. The molecule has 0 amide bonds. The molecule has 1 aromatic carbocycles. The van der Waals surface area contributed by atoms with Gasteiger partial charge in [0.1, 0.15) is 11.6 Å². The second-order valence-corrected chi connectivity index (χ2v) is 4.36. The third kappa shape index (κ3) is 1.45. The maximum absolute atomic E-state index is 13.8. The van der Waals surface area contributed by atoms with Crippen molar-refractivity contribution < 1.29 is 9.13 Å². The summed E-state index contributed by atoms with van der Waals surface area (Å²) in [5, 5.41) is 9.41. The first-order valence-corrected chi connectivity index (χ1v) is 5.46. The van der Waals surface area contributed by atoms with E-state index in [-0.39, 0.29) is 5.02 Å². The van der Waals surface area contributed by atoms with Gasteiger partial charge in [-0.2, -0.15) is 5.26 Å².